The second-order valence-electron chi connectivity index (χ2n) is 4.88. The Hall–Kier alpha value is -0.620. The van der Waals surface area contributed by atoms with Crippen molar-refractivity contribution in [2.75, 3.05) is 20.1 Å². The Bertz CT molecular complexity index is 534. The van der Waals surface area contributed by atoms with Crippen molar-refractivity contribution in [3.8, 4) is 0 Å². The molecule has 0 aliphatic heterocycles. The molecule has 0 amide bonds. The molecule has 1 rings (SSSR count). The van der Waals surface area contributed by atoms with E-state index in [0.717, 1.165) is 12.1 Å². The number of nitrogens with one attached hydrogen (secondary N) is 1. The number of benzene rings is 1. The van der Waals surface area contributed by atoms with Crippen LogP contribution >= 0.6 is 11.6 Å². The van der Waals surface area contributed by atoms with Gasteiger partial charge in [0, 0.05) is 24.7 Å². The van der Waals surface area contributed by atoms with E-state index in [1.807, 2.05) is 32.0 Å². The van der Waals surface area contributed by atoms with Crippen molar-refractivity contribution in [3.63, 3.8) is 0 Å². The maximum atomic E-state index is 12.5. The second kappa shape index (κ2) is 7.41. The summed E-state index contributed by atoms with van der Waals surface area (Å²) in [5.41, 5.74) is 0.816. The standard InChI is InChI=1S/C14H23ClN2O2S/c1-5-16-10-11(2)20(18,19)17(4)12(3)13-8-6-7-9-14(13)15/h6-9,11-12,16H,5,10H2,1-4H3. The summed E-state index contributed by atoms with van der Waals surface area (Å²) in [7, 11) is -1.76. The summed E-state index contributed by atoms with van der Waals surface area (Å²) in [6.07, 6.45) is 0. The molecule has 1 N–H and O–H groups in total. The second-order valence-corrected chi connectivity index (χ2v) is 7.69. The van der Waals surface area contributed by atoms with Crippen molar-refractivity contribution >= 4 is 21.6 Å². The van der Waals surface area contributed by atoms with Crippen LogP contribution in [0.4, 0.5) is 0 Å². The quantitative estimate of drug-likeness (QED) is 0.841. The maximum absolute atomic E-state index is 12.5. The predicted octanol–water partition coefficient (Wildman–Crippen LogP) is 2.66. The largest absolute Gasteiger partial charge is 0.316 e. The lowest BCUT2D eigenvalue weighted by Gasteiger charge is -2.28. The van der Waals surface area contributed by atoms with Crippen molar-refractivity contribution in [1.82, 2.24) is 9.62 Å². The molecule has 0 saturated carbocycles. The first-order valence-corrected chi connectivity index (χ1v) is 8.62. The lowest BCUT2D eigenvalue weighted by Crippen LogP contribution is -2.41. The van der Waals surface area contributed by atoms with Crippen LogP contribution in [0.2, 0.25) is 5.02 Å². The van der Waals surface area contributed by atoms with Gasteiger partial charge in [-0.25, -0.2) is 8.42 Å². The smallest absolute Gasteiger partial charge is 0.218 e. The minimum Gasteiger partial charge on any atom is -0.316 e. The van der Waals surface area contributed by atoms with Crippen LogP contribution in [0.25, 0.3) is 0 Å². The normalized spacial score (nSPS) is 15.3. The summed E-state index contributed by atoms with van der Waals surface area (Å²) in [5.74, 6) is 0. The lowest BCUT2D eigenvalue weighted by atomic mass is 10.1. The van der Waals surface area contributed by atoms with Gasteiger partial charge in [-0.1, -0.05) is 36.7 Å². The summed E-state index contributed by atoms with van der Waals surface area (Å²) in [6.45, 7) is 6.71. The van der Waals surface area contributed by atoms with Gasteiger partial charge in [0.15, 0.2) is 0 Å². The van der Waals surface area contributed by atoms with Crippen molar-refractivity contribution in [2.24, 2.45) is 0 Å². The first-order chi connectivity index (χ1) is 9.32. The summed E-state index contributed by atoms with van der Waals surface area (Å²) in [5, 5.41) is 3.18. The van der Waals surface area contributed by atoms with E-state index in [9.17, 15) is 8.42 Å². The Morgan fingerprint density at radius 1 is 1.30 bits per heavy atom. The molecule has 1 aromatic rings. The zero-order valence-electron chi connectivity index (χ0n) is 12.4. The molecule has 0 heterocycles. The molecule has 0 bridgehead atoms. The molecule has 4 nitrogen and oxygen atoms in total. The molecule has 0 aliphatic carbocycles. The number of rotatable bonds is 7. The Labute approximate surface area is 127 Å². The van der Waals surface area contributed by atoms with Gasteiger partial charge in [-0.05, 0) is 32.0 Å². The van der Waals surface area contributed by atoms with E-state index in [1.165, 1.54) is 4.31 Å². The van der Waals surface area contributed by atoms with E-state index >= 15 is 0 Å². The van der Waals surface area contributed by atoms with Gasteiger partial charge in [-0.2, -0.15) is 4.31 Å². The Morgan fingerprint density at radius 3 is 2.45 bits per heavy atom. The van der Waals surface area contributed by atoms with E-state index in [2.05, 4.69) is 5.32 Å². The van der Waals surface area contributed by atoms with Gasteiger partial charge in [-0.3, -0.25) is 0 Å². The zero-order chi connectivity index (χ0) is 15.3. The highest BCUT2D eigenvalue weighted by atomic mass is 35.5. The summed E-state index contributed by atoms with van der Waals surface area (Å²) in [4.78, 5) is 0. The summed E-state index contributed by atoms with van der Waals surface area (Å²) >= 11 is 6.14. The first-order valence-electron chi connectivity index (χ1n) is 6.74. The van der Waals surface area contributed by atoms with E-state index in [4.69, 9.17) is 11.6 Å². The molecule has 2 atom stereocenters. The lowest BCUT2D eigenvalue weighted by molar-refractivity contribution is 0.391. The molecular formula is C14H23ClN2O2S. The van der Waals surface area contributed by atoms with E-state index in [0.29, 0.717) is 11.6 Å². The number of nitrogens with zero attached hydrogens (tertiary/aromatic N) is 1. The van der Waals surface area contributed by atoms with Gasteiger partial charge in [0.25, 0.3) is 0 Å². The van der Waals surface area contributed by atoms with Crippen LogP contribution in [0.5, 0.6) is 0 Å². The van der Waals surface area contributed by atoms with Crippen LogP contribution in [-0.2, 0) is 10.0 Å². The first kappa shape index (κ1) is 17.4. The van der Waals surface area contributed by atoms with Crippen LogP contribution in [-0.4, -0.2) is 38.1 Å². The molecule has 0 spiro atoms. The third-order valence-electron chi connectivity index (χ3n) is 3.49. The molecule has 114 valence electrons. The molecule has 1 aromatic carbocycles. The van der Waals surface area contributed by atoms with Crippen molar-refractivity contribution in [2.45, 2.75) is 32.1 Å². The average molecular weight is 319 g/mol. The van der Waals surface area contributed by atoms with E-state index < -0.39 is 15.3 Å². The molecule has 0 saturated heterocycles. The van der Waals surface area contributed by atoms with Gasteiger partial charge in [-0.15, -0.1) is 0 Å². The van der Waals surface area contributed by atoms with Gasteiger partial charge < -0.3 is 5.32 Å². The molecule has 6 heteroatoms. The average Bonchev–Trinajstić information content (AvgIpc) is 2.43. The highest BCUT2D eigenvalue weighted by molar-refractivity contribution is 7.89. The molecular weight excluding hydrogens is 296 g/mol. The van der Waals surface area contributed by atoms with Crippen molar-refractivity contribution < 1.29 is 8.42 Å². The SMILES string of the molecule is CCNCC(C)S(=O)(=O)N(C)C(C)c1ccccc1Cl. The Morgan fingerprint density at radius 2 is 1.90 bits per heavy atom. The van der Waals surface area contributed by atoms with Gasteiger partial charge in [0.05, 0.1) is 5.25 Å². The van der Waals surface area contributed by atoms with Crippen LogP contribution in [0.3, 0.4) is 0 Å². The topological polar surface area (TPSA) is 49.4 Å². The fourth-order valence-electron chi connectivity index (χ4n) is 1.97. The van der Waals surface area contributed by atoms with E-state index in [-0.39, 0.29) is 6.04 Å². The monoisotopic (exact) mass is 318 g/mol. The maximum Gasteiger partial charge on any atom is 0.218 e. The van der Waals surface area contributed by atoms with Gasteiger partial charge in [0.1, 0.15) is 0 Å². The number of sulfonamides is 1. The number of hydrogen-bond acceptors (Lipinski definition) is 3. The van der Waals surface area contributed by atoms with Crippen molar-refractivity contribution in [3.05, 3.63) is 34.9 Å². The van der Waals surface area contributed by atoms with Gasteiger partial charge >= 0.3 is 0 Å². The summed E-state index contributed by atoms with van der Waals surface area (Å²) < 4.78 is 26.4. The zero-order valence-corrected chi connectivity index (χ0v) is 14.0. The third-order valence-corrected chi connectivity index (χ3v) is 6.14. The van der Waals surface area contributed by atoms with Crippen LogP contribution < -0.4 is 5.32 Å². The van der Waals surface area contributed by atoms with E-state index in [1.54, 1.807) is 20.0 Å². The minimum atomic E-state index is -3.36. The van der Waals surface area contributed by atoms with Gasteiger partial charge in [0.2, 0.25) is 10.0 Å². The molecule has 0 aromatic heterocycles. The highest BCUT2D eigenvalue weighted by Crippen LogP contribution is 2.28. The molecule has 0 radical (unpaired) electrons. The van der Waals surface area contributed by atoms with Crippen molar-refractivity contribution in [1.29, 1.82) is 0 Å². The predicted molar refractivity (Wildman–Crippen MR) is 84.6 cm³/mol. The third kappa shape index (κ3) is 3.95. The Balaban J connectivity index is 2.93. The Kier molecular flexibility index (Phi) is 6.45. The highest BCUT2D eigenvalue weighted by Gasteiger charge is 2.30. The van der Waals surface area contributed by atoms with Crippen LogP contribution in [0, 0.1) is 0 Å². The fourth-order valence-corrected chi connectivity index (χ4v) is 3.71. The molecule has 0 fully saturated rings. The summed E-state index contributed by atoms with van der Waals surface area (Å²) in [6, 6.07) is 7.03. The molecule has 20 heavy (non-hydrogen) atoms. The molecule has 0 aliphatic rings. The molecule has 2 unspecified atom stereocenters. The van der Waals surface area contributed by atoms with Crippen LogP contribution in [0.15, 0.2) is 24.3 Å². The van der Waals surface area contributed by atoms with Crippen LogP contribution in [0.1, 0.15) is 32.4 Å². The fraction of sp³-hybridized carbons (Fsp3) is 0.571. The number of hydrogen-bond donors (Lipinski definition) is 1. The number of halogens is 1. The minimum absolute atomic E-state index is 0.294.